The second-order valence-corrected chi connectivity index (χ2v) is 15.5. The molecule has 8 aromatic carbocycles. The molecule has 6 heteroatoms. The highest BCUT2D eigenvalue weighted by atomic mass is 16.5. The first kappa shape index (κ1) is 42.7. The number of hydrogen-bond donors (Lipinski definition) is 0. The maximum Gasteiger partial charge on any atom is 0.118 e. The highest BCUT2D eigenvalue weighted by Crippen LogP contribution is 2.37. The zero-order chi connectivity index (χ0) is 44.4. The molecule has 0 saturated heterocycles. The predicted molar refractivity (Wildman–Crippen MR) is 265 cm³/mol. The van der Waals surface area contributed by atoms with E-state index in [4.69, 9.17) is 18.9 Å². The van der Waals surface area contributed by atoms with Crippen LogP contribution in [-0.2, 0) is 0 Å². The fourth-order valence-electron chi connectivity index (χ4n) is 7.75. The lowest BCUT2D eigenvalue weighted by Crippen LogP contribution is -2.11. The number of hydrogen-bond acceptors (Lipinski definition) is 6. The van der Waals surface area contributed by atoms with E-state index in [1.165, 1.54) is 11.1 Å². The zero-order valence-electron chi connectivity index (χ0n) is 37.2. The van der Waals surface area contributed by atoms with Gasteiger partial charge in [-0.1, -0.05) is 97.1 Å². The molecule has 0 heterocycles. The van der Waals surface area contributed by atoms with Crippen molar-refractivity contribution in [2.24, 2.45) is 0 Å². The van der Waals surface area contributed by atoms with Crippen molar-refractivity contribution in [3.63, 3.8) is 0 Å². The Kier molecular flexibility index (Phi) is 13.2. The molecule has 0 bridgehead atoms. The van der Waals surface area contributed by atoms with Gasteiger partial charge in [0.05, 0.1) is 28.4 Å². The summed E-state index contributed by atoms with van der Waals surface area (Å²) >= 11 is 0. The van der Waals surface area contributed by atoms with Crippen molar-refractivity contribution < 1.29 is 18.9 Å². The minimum absolute atomic E-state index is 0.809. The van der Waals surface area contributed by atoms with Crippen LogP contribution in [0.25, 0.3) is 22.3 Å². The van der Waals surface area contributed by atoms with Gasteiger partial charge in [0.25, 0.3) is 0 Å². The SMILES string of the molecule is COc1ccc(C(=CN(c2ccc(-c3ccc(N(C=C(c4ccc(OC)cc4)c4ccc(OC)cc4)c4cccc(C)c4)cc3)cc2)c2cccc(C)c2)c2ccc(OC)cc2)cc1. The molecule has 318 valence electrons. The molecular formula is C58H52N2O4. The molecule has 0 unspecified atom stereocenters. The summed E-state index contributed by atoms with van der Waals surface area (Å²) in [7, 11) is 6.76. The minimum Gasteiger partial charge on any atom is -0.497 e. The largest absolute Gasteiger partial charge is 0.497 e. The lowest BCUT2D eigenvalue weighted by atomic mass is 9.97. The summed E-state index contributed by atoms with van der Waals surface area (Å²) < 4.78 is 22.0. The first-order valence-electron chi connectivity index (χ1n) is 21.3. The average molecular weight is 841 g/mol. The van der Waals surface area contributed by atoms with Crippen molar-refractivity contribution in [3.05, 3.63) is 240 Å². The lowest BCUT2D eigenvalue weighted by molar-refractivity contribution is 0.414. The second kappa shape index (κ2) is 19.8. The van der Waals surface area contributed by atoms with Crippen molar-refractivity contribution in [3.8, 4) is 34.1 Å². The maximum absolute atomic E-state index is 5.51. The van der Waals surface area contributed by atoms with E-state index in [1.54, 1.807) is 28.4 Å². The van der Waals surface area contributed by atoms with Crippen LogP contribution in [0.3, 0.4) is 0 Å². The summed E-state index contributed by atoms with van der Waals surface area (Å²) in [6, 6.07) is 67.6. The van der Waals surface area contributed by atoms with Gasteiger partial charge in [0, 0.05) is 46.3 Å². The number of benzene rings is 8. The second-order valence-electron chi connectivity index (χ2n) is 15.5. The number of rotatable bonds is 15. The van der Waals surface area contributed by atoms with Gasteiger partial charge in [-0.15, -0.1) is 0 Å². The van der Waals surface area contributed by atoms with Crippen LogP contribution < -0.4 is 28.7 Å². The molecular weight excluding hydrogens is 789 g/mol. The van der Waals surface area contributed by atoms with E-state index in [0.29, 0.717) is 0 Å². The first-order valence-corrected chi connectivity index (χ1v) is 21.3. The molecule has 0 spiro atoms. The molecule has 0 saturated carbocycles. The number of aryl methyl sites for hydroxylation is 2. The molecule has 64 heavy (non-hydrogen) atoms. The molecule has 8 aromatic rings. The summed E-state index contributed by atoms with van der Waals surface area (Å²) in [4.78, 5) is 4.53. The molecule has 0 aliphatic heterocycles. The fourth-order valence-corrected chi connectivity index (χ4v) is 7.75. The van der Waals surface area contributed by atoms with Gasteiger partial charge in [-0.05, 0) is 155 Å². The first-order chi connectivity index (χ1) is 31.3. The van der Waals surface area contributed by atoms with Crippen LogP contribution >= 0.6 is 0 Å². The monoisotopic (exact) mass is 840 g/mol. The van der Waals surface area contributed by atoms with E-state index in [1.807, 2.05) is 48.5 Å². The number of anilines is 4. The summed E-state index contributed by atoms with van der Waals surface area (Å²) in [5, 5.41) is 0. The van der Waals surface area contributed by atoms with Gasteiger partial charge in [-0.3, -0.25) is 0 Å². The Hall–Kier alpha value is -7.96. The molecule has 0 amide bonds. The quantitative estimate of drug-likeness (QED) is 0.102. The molecule has 6 nitrogen and oxygen atoms in total. The Bertz CT molecular complexity index is 2550. The van der Waals surface area contributed by atoms with Crippen molar-refractivity contribution in [1.82, 2.24) is 0 Å². The topological polar surface area (TPSA) is 43.4 Å². The Morgan fingerprint density at radius 1 is 0.328 bits per heavy atom. The third-order valence-electron chi connectivity index (χ3n) is 11.3. The summed E-state index contributed by atoms with van der Waals surface area (Å²) in [6.45, 7) is 4.25. The van der Waals surface area contributed by atoms with E-state index in [9.17, 15) is 0 Å². The molecule has 0 radical (unpaired) electrons. The van der Waals surface area contributed by atoms with Gasteiger partial charge in [-0.25, -0.2) is 0 Å². The molecule has 8 rings (SSSR count). The van der Waals surface area contributed by atoms with Crippen LogP contribution in [0, 0.1) is 13.8 Å². The van der Waals surface area contributed by atoms with Crippen molar-refractivity contribution in [2.45, 2.75) is 13.8 Å². The normalized spacial score (nSPS) is 10.7. The zero-order valence-corrected chi connectivity index (χ0v) is 37.2. The Morgan fingerprint density at radius 3 is 0.859 bits per heavy atom. The van der Waals surface area contributed by atoms with Gasteiger partial charge >= 0.3 is 0 Å². The highest BCUT2D eigenvalue weighted by molar-refractivity contribution is 5.86. The number of ether oxygens (including phenoxy) is 4. The molecule has 0 aromatic heterocycles. The van der Waals surface area contributed by atoms with Crippen molar-refractivity contribution >= 4 is 33.9 Å². The maximum atomic E-state index is 5.51. The third kappa shape index (κ3) is 9.88. The van der Waals surface area contributed by atoms with E-state index in [2.05, 4.69) is 182 Å². The van der Waals surface area contributed by atoms with Crippen molar-refractivity contribution in [2.75, 3.05) is 38.2 Å². The van der Waals surface area contributed by atoms with Gasteiger partial charge in [-0.2, -0.15) is 0 Å². The van der Waals surface area contributed by atoms with Crippen LogP contribution in [0.15, 0.2) is 207 Å². The van der Waals surface area contributed by atoms with Crippen LogP contribution in [0.4, 0.5) is 22.7 Å². The highest BCUT2D eigenvalue weighted by Gasteiger charge is 2.16. The van der Waals surface area contributed by atoms with E-state index < -0.39 is 0 Å². The van der Waals surface area contributed by atoms with Crippen LogP contribution in [0.1, 0.15) is 33.4 Å². The summed E-state index contributed by atoms with van der Waals surface area (Å²) in [5.41, 5.74) is 15.1. The average Bonchev–Trinajstić information content (AvgIpc) is 3.35. The molecule has 0 atom stereocenters. The summed E-state index contributed by atoms with van der Waals surface area (Å²) in [6.07, 6.45) is 4.45. The van der Waals surface area contributed by atoms with E-state index in [0.717, 1.165) is 90.3 Å². The van der Waals surface area contributed by atoms with Gasteiger partial charge < -0.3 is 28.7 Å². The Labute approximate surface area is 377 Å². The predicted octanol–water partition coefficient (Wildman–Crippen LogP) is 14.5. The Morgan fingerprint density at radius 2 is 0.609 bits per heavy atom. The van der Waals surface area contributed by atoms with E-state index in [-0.39, 0.29) is 0 Å². The van der Waals surface area contributed by atoms with Gasteiger partial charge in [0.2, 0.25) is 0 Å². The standard InChI is InChI=1S/C58H52N2O4/c1-41-9-7-11-51(37-41)59(39-57(45-17-29-53(61-3)30-18-45)46-19-31-54(62-4)32-20-46)49-25-13-43(14-26-49)44-15-27-50(28-16-44)60(52-12-8-10-42(2)38-52)40-58(47-21-33-55(63-5)34-22-47)48-23-35-56(64-6)36-24-48/h7-40H,1-6H3. The van der Waals surface area contributed by atoms with Crippen LogP contribution in [-0.4, -0.2) is 28.4 Å². The third-order valence-corrected chi connectivity index (χ3v) is 11.3. The van der Waals surface area contributed by atoms with E-state index >= 15 is 0 Å². The molecule has 0 fully saturated rings. The lowest BCUT2D eigenvalue weighted by Gasteiger charge is -2.25. The molecule has 0 aliphatic carbocycles. The van der Waals surface area contributed by atoms with Crippen LogP contribution in [0.5, 0.6) is 23.0 Å². The molecule has 0 aliphatic rings. The van der Waals surface area contributed by atoms with Gasteiger partial charge in [0.15, 0.2) is 0 Å². The number of methoxy groups -OCH3 is 4. The summed E-state index contributed by atoms with van der Waals surface area (Å²) in [5.74, 6) is 3.23. The minimum atomic E-state index is 0.809. The molecule has 0 N–H and O–H groups in total. The fraction of sp³-hybridized carbons (Fsp3) is 0.103. The van der Waals surface area contributed by atoms with Crippen LogP contribution in [0.2, 0.25) is 0 Å². The van der Waals surface area contributed by atoms with Gasteiger partial charge in [0.1, 0.15) is 23.0 Å². The number of nitrogens with zero attached hydrogens (tertiary/aromatic N) is 2. The van der Waals surface area contributed by atoms with Crippen molar-refractivity contribution in [1.29, 1.82) is 0 Å². The smallest absolute Gasteiger partial charge is 0.118 e. The Balaban J connectivity index is 1.17.